The van der Waals surface area contributed by atoms with E-state index >= 15 is 0 Å². The molecule has 3 aromatic carbocycles. The van der Waals surface area contributed by atoms with Gasteiger partial charge in [-0.25, -0.2) is 4.39 Å². The van der Waals surface area contributed by atoms with Crippen LogP contribution in [0.1, 0.15) is 15.9 Å². The maximum absolute atomic E-state index is 13.8. The molecule has 0 aliphatic carbocycles. The molecule has 4 rings (SSSR count). The van der Waals surface area contributed by atoms with E-state index < -0.39 is 5.91 Å². The molecule has 4 aromatic rings. The summed E-state index contributed by atoms with van der Waals surface area (Å²) in [6.45, 7) is 0.0821. The highest BCUT2D eigenvalue weighted by atomic mass is 35.5. The summed E-state index contributed by atoms with van der Waals surface area (Å²) in [7, 11) is 0. The van der Waals surface area contributed by atoms with Gasteiger partial charge >= 0.3 is 0 Å². The lowest BCUT2D eigenvalue weighted by Gasteiger charge is -2.08. The van der Waals surface area contributed by atoms with Crippen molar-refractivity contribution >= 4 is 45.8 Å². The molecule has 0 unspecified atom stereocenters. The van der Waals surface area contributed by atoms with Gasteiger partial charge in [0.2, 0.25) is 0 Å². The Hall–Kier alpha value is -3.09. The van der Waals surface area contributed by atoms with E-state index in [1.165, 1.54) is 18.2 Å². The van der Waals surface area contributed by atoms with E-state index in [4.69, 9.17) is 27.9 Å². The monoisotopic (exact) mass is 429 g/mol. The normalized spacial score (nSPS) is 10.9. The molecule has 2 N–H and O–H groups in total. The van der Waals surface area contributed by atoms with Gasteiger partial charge in [0.1, 0.15) is 18.2 Å². The second-order valence-corrected chi connectivity index (χ2v) is 7.14. The van der Waals surface area contributed by atoms with Gasteiger partial charge in [-0.15, -0.1) is 0 Å². The van der Waals surface area contributed by atoms with Gasteiger partial charge in [0, 0.05) is 26.6 Å². The molecule has 0 aliphatic heterocycles. The summed E-state index contributed by atoms with van der Waals surface area (Å²) in [4.78, 5) is 12.5. The van der Waals surface area contributed by atoms with Crippen LogP contribution in [0.5, 0.6) is 5.75 Å². The van der Waals surface area contributed by atoms with Gasteiger partial charge in [0.25, 0.3) is 5.91 Å². The number of benzene rings is 3. The molecule has 29 heavy (non-hydrogen) atoms. The van der Waals surface area contributed by atoms with Crippen molar-refractivity contribution in [3.63, 3.8) is 0 Å². The summed E-state index contributed by atoms with van der Waals surface area (Å²) in [5, 5.41) is 11.1. The van der Waals surface area contributed by atoms with Gasteiger partial charge in [-0.3, -0.25) is 9.89 Å². The van der Waals surface area contributed by atoms with E-state index in [1.807, 2.05) is 0 Å². The van der Waals surface area contributed by atoms with Crippen LogP contribution in [-0.4, -0.2) is 16.1 Å². The van der Waals surface area contributed by atoms with Crippen molar-refractivity contribution in [2.45, 2.75) is 6.61 Å². The topological polar surface area (TPSA) is 67.0 Å². The second kappa shape index (κ2) is 8.11. The first-order valence-electron chi connectivity index (χ1n) is 8.61. The molecule has 8 heteroatoms. The predicted molar refractivity (Wildman–Crippen MR) is 111 cm³/mol. The number of aromatic amines is 1. The molecule has 1 aromatic heterocycles. The number of hydrogen-bond donors (Lipinski definition) is 2. The third-order valence-corrected chi connectivity index (χ3v) is 4.68. The third-order valence-electron chi connectivity index (χ3n) is 4.24. The highest BCUT2D eigenvalue weighted by Crippen LogP contribution is 2.27. The molecule has 0 bridgehead atoms. The van der Waals surface area contributed by atoms with Crippen molar-refractivity contribution in [2.75, 3.05) is 5.32 Å². The quantitative estimate of drug-likeness (QED) is 0.418. The van der Waals surface area contributed by atoms with E-state index in [-0.39, 0.29) is 12.4 Å². The van der Waals surface area contributed by atoms with Gasteiger partial charge in [-0.2, -0.15) is 5.10 Å². The molecule has 0 aliphatic rings. The number of carbonyl (C=O) groups is 1. The van der Waals surface area contributed by atoms with Crippen molar-refractivity contribution in [1.82, 2.24) is 10.2 Å². The van der Waals surface area contributed by atoms with Crippen LogP contribution in [0.3, 0.4) is 0 Å². The van der Waals surface area contributed by atoms with Gasteiger partial charge in [0.15, 0.2) is 5.82 Å². The predicted octanol–water partition coefficient (Wildman–Crippen LogP) is 5.84. The van der Waals surface area contributed by atoms with E-state index in [0.717, 1.165) is 0 Å². The molecule has 0 spiro atoms. The first kappa shape index (κ1) is 19.2. The van der Waals surface area contributed by atoms with Crippen molar-refractivity contribution < 1.29 is 13.9 Å². The number of aromatic nitrogens is 2. The van der Waals surface area contributed by atoms with Crippen molar-refractivity contribution in [3.8, 4) is 5.75 Å². The number of fused-ring (bicyclic) bond motifs is 1. The zero-order valence-corrected chi connectivity index (χ0v) is 16.4. The number of hydrogen-bond acceptors (Lipinski definition) is 3. The number of nitrogens with zero attached hydrogens (tertiary/aromatic N) is 1. The van der Waals surface area contributed by atoms with Crippen LogP contribution in [0.15, 0.2) is 60.7 Å². The van der Waals surface area contributed by atoms with Gasteiger partial charge in [-0.05, 0) is 42.5 Å². The Balaban J connectivity index is 1.55. The van der Waals surface area contributed by atoms with Gasteiger partial charge in [0.05, 0.1) is 5.52 Å². The molecule has 5 nitrogen and oxygen atoms in total. The molecule has 1 heterocycles. The Morgan fingerprint density at radius 1 is 1.07 bits per heavy atom. The lowest BCUT2D eigenvalue weighted by atomic mass is 10.2. The summed E-state index contributed by atoms with van der Waals surface area (Å²) in [6, 6.07) is 16.2. The smallest absolute Gasteiger partial charge is 0.256 e. The minimum Gasteiger partial charge on any atom is -0.489 e. The zero-order chi connectivity index (χ0) is 20.4. The Morgan fingerprint density at radius 2 is 1.83 bits per heavy atom. The average molecular weight is 430 g/mol. The number of H-pyrrole nitrogens is 1. The summed E-state index contributed by atoms with van der Waals surface area (Å²) >= 11 is 11.9. The molecule has 0 fully saturated rings. The number of ether oxygens (including phenoxy) is 1. The molecular formula is C21H14Cl2FN3O2. The summed E-state index contributed by atoms with van der Waals surface area (Å²) in [5.74, 6) is 0.117. The number of halogens is 3. The molecule has 0 radical (unpaired) electrons. The highest BCUT2D eigenvalue weighted by Gasteiger charge is 2.13. The number of rotatable bonds is 5. The molecule has 146 valence electrons. The first-order valence-corrected chi connectivity index (χ1v) is 9.37. The molecular weight excluding hydrogens is 416 g/mol. The van der Waals surface area contributed by atoms with E-state index in [2.05, 4.69) is 15.5 Å². The fourth-order valence-electron chi connectivity index (χ4n) is 2.82. The Labute approximate surface area is 175 Å². The average Bonchev–Trinajstić information content (AvgIpc) is 3.08. The molecule has 0 atom stereocenters. The number of carbonyl (C=O) groups excluding carboxylic acids is 1. The number of nitrogens with one attached hydrogen (secondary N) is 2. The van der Waals surface area contributed by atoms with Crippen molar-refractivity contribution in [1.29, 1.82) is 0 Å². The van der Waals surface area contributed by atoms with Crippen LogP contribution in [0.25, 0.3) is 10.9 Å². The minimum absolute atomic E-state index is 0.0821. The summed E-state index contributed by atoms with van der Waals surface area (Å²) in [5.41, 5.74) is 1.47. The van der Waals surface area contributed by atoms with Crippen LogP contribution < -0.4 is 10.1 Å². The maximum atomic E-state index is 13.8. The van der Waals surface area contributed by atoms with Crippen LogP contribution >= 0.6 is 23.2 Å². The molecule has 0 saturated carbocycles. The lowest BCUT2D eigenvalue weighted by Crippen LogP contribution is -2.12. The molecule has 0 saturated heterocycles. The number of amides is 1. The Kier molecular flexibility index (Phi) is 5.38. The van der Waals surface area contributed by atoms with Crippen LogP contribution in [-0.2, 0) is 6.61 Å². The fraction of sp³-hybridized carbons (Fsp3) is 0.0476. The largest absolute Gasteiger partial charge is 0.489 e. The zero-order valence-electron chi connectivity index (χ0n) is 14.9. The minimum atomic E-state index is -0.402. The van der Waals surface area contributed by atoms with Crippen molar-refractivity contribution in [2.24, 2.45) is 0 Å². The van der Waals surface area contributed by atoms with Crippen LogP contribution in [0, 0.1) is 5.82 Å². The van der Waals surface area contributed by atoms with Crippen molar-refractivity contribution in [3.05, 3.63) is 87.7 Å². The van der Waals surface area contributed by atoms with Crippen LogP contribution in [0.4, 0.5) is 10.2 Å². The van der Waals surface area contributed by atoms with Gasteiger partial charge < -0.3 is 10.1 Å². The second-order valence-electron chi connectivity index (χ2n) is 6.27. The standard InChI is InChI=1S/C21H14Cl2FN3O2/c22-14-7-13(8-15(23)9-14)21(28)25-20-17-10-16(5-6-19(17)26-27-20)29-11-12-3-1-2-4-18(12)24/h1-10H,11H2,(H2,25,26,27,28). The Morgan fingerprint density at radius 3 is 2.59 bits per heavy atom. The van der Waals surface area contributed by atoms with Crippen LogP contribution in [0.2, 0.25) is 10.0 Å². The van der Waals surface area contributed by atoms with Gasteiger partial charge in [-0.1, -0.05) is 41.4 Å². The van der Waals surface area contributed by atoms with E-state index in [9.17, 15) is 9.18 Å². The SMILES string of the molecule is O=C(Nc1n[nH]c2ccc(OCc3ccccc3F)cc12)c1cc(Cl)cc(Cl)c1. The number of anilines is 1. The lowest BCUT2D eigenvalue weighted by molar-refractivity contribution is 0.102. The first-order chi connectivity index (χ1) is 14.0. The Bertz CT molecular complexity index is 1190. The van der Waals surface area contributed by atoms with E-state index in [0.29, 0.717) is 43.6 Å². The van der Waals surface area contributed by atoms with E-state index in [1.54, 1.807) is 42.5 Å². The highest BCUT2D eigenvalue weighted by molar-refractivity contribution is 6.35. The third kappa shape index (κ3) is 4.34. The fourth-order valence-corrected chi connectivity index (χ4v) is 3.35. The maximum Gasteiger partial charge on any atom is 0.256 e. The molecule has 1 amide bonds. The summed E-state index contributed by atoms with van der Waals surface area (Å²) in [6.07, 6.45) is 0. The summed E-state index contributed by atoms with van der Waals surface area (Å²) < 4.78 is 19.5.